The van der Waals surface area contributed by atoms with E-state index in [-0.39, 0.29) is 37.5 Å². The van der Waals surface area contributed by atoms with E-state index in [1.807, 2.05) is 67.8 Å². The number of likely N-dealkylation sites (N-methyl/N-ethyl adjacent to an activating group) is 2. The number of hydrogen-bond acceptors (Lipinski definition) is 10. The molecule has 13 nitrogen and oxygen atoms in total. The molecule has 2 aliphatic rings. The number of nitrogens with zero attached hydrogens (tertiary/aromatic N) is 3. The predicted octanol–water partition coefficient (Wildman–Crippen LogP) is 4.95. The highest BCUT2D eigenvalue weighted by atomic mass is 127. The maximum absolute atomic E-state index is 14.1. The Bertz CT molecular complexity index is 1240. The zero-order chi connectivity index (χ0) is 33.3. The van der Waals surface area contributed by atoms with Gasteiger partial charge in [-0.3, -0.25) is 14.4 Å². The van der Waals surface area contributed by atoms with Gasteiger partial charge in [-0.15, -0.1) is 0 Å². The van der Waals surface area contributed by atoms with Crippen molar-refractivity contribution in [3.05, 3.63) is 21.8 Å². The first kappa shape index (κ1) is 37.7. The minimum atomic E-state index is -0.999. The molecule has 2 fully saturated rings. The first-order chi connectivity index (χ1) is 20.3. The number of carbonyl (C=O) groups excluding carboxylic acids is 4. The standard InChI is InChI=1S/C27H35ClI3N3O10/c1-13(28)42-25(38)39-10-9-34(14(2)35)22-20(30)17(23(36)32(7)15-11-40-26(3,4)43-15)19(29)18(21(22)31)24(37)33(8)16-12-41-27(5,6)44-16/h13,15-16H,9-12H2,1-8H3. The second-order valence-corrected chi connectivity index (χ2v) is 14.7. The topological polar surface area (TPSA) is 133 Å². The van der Waals surface area contributed by atoms with Crippen molar-refractivity contribution >= 4 is 109 Å². The number of hydrogen-bond donors (Lipinski definition) is 0. The summed E-state index contributed by atoms with van der Waals surface area (Å²) in [5.41, 5.74) is -0.204. The van der Waals surface area contributed by atoms with Crippen LogP contribution in [0, 0.1) is 10.7 Å². The van der Waals surface area contributed by atoms with Crippen LogP contribution in [0.1, 0.15) is 62.3 Å². The lowest BCUT2D eigenvalue weighted by atomic mass is 10.1. The Morgan fingerprint density at radius 2 is 1.32 bits per heavy atom. The van der Waals surface area contributed by atoms with Crippen molar-refractivity contribution in [3.63, 3.8) is 0 Å². The van der Waals surface area contributed by atoms with E-state index in [2.05, 4.69) is 0 Å². The van der Waals surface area contributed by atoms with E-state index in [1.54, 1.807) is 41.8 Å². The molecule has 1 aromatic carbocycles. The van der Waals surface area contributed by atoms with Crippen LogP contribution in [0.15, 0.2) is 0 Å². The van der Waals surface area contributed by atoms with Gasteiger partial charge in [-0.25, -0.2) is 4.79 Å². The Morgan fingerprint density at radius 3 is 1.66 bits per heavy atom. The number of alkyl halides is 1. The fourth-order valence-corrected chi connectivity index (χ4v) is 9.15. The first-order valence-corrected chi connectivity index (χ1v) is 17.1. The quantitative estimate of drug-likeness (QED) is 0.190. The van der Waals surface area contributed by atoms with Crippen LogP contribution in [-0.2, 0) is 33.2 Å². The molecule has 1 aromatic rings. The number of rotatable bonds is 9. The molecule has 246 valence electrons. The third kappa shape index (κ3) is 8.77. The number of ether oxygens (including phenoxy) is 6. The molecule has 17 heteroatoms. The lowest BCUT2D eigenvalue weighted by molar-refractivity contribution is -0.153. The average molecular weight is 978 g/mol. The lowest BCUT2D eigenvalue weighted by Gasteiger charge is -2.31. The van der Waals surface area contributed by atoms with E-state index in [1.165, 1.54) is 28.5 Å². The van der Waals surface area contributed by atoms with E-state index in [9.17, 15) is 19.2 Å². The summed E-state index contributed by atoms with van der Waals surface area (Å²) in [5.74, 6) is -3.07. The van der Waals surface area contributed by atoms with Crippen LogP contribution in [0.2, 0.25) is 0 Å². The monoisotopic (exact) mass is 977 g/mol. The van der Waals surface area contributed by atoms with Crippen molar-refractivity contribution in [1.29, 1.82) is 0 Å². The molecule has 2 heterocycles. The minimum absolute atomic E-state index is 0.0951. The highest BCUT2D eigenvalue weighted by molar-refractivity contribution is 14.1. The van der Waals surface area contributed by atoms with Crippen LogP contribution in [0.4, 0.5) is 10.5 Å². The number of benzene rings is 1. The molecular formula is C27H35ClI3N3O10. The van der Waals surface area contributed by atoms with Gasteiger partial charge in [0.2, 0.25) is 5.91 Å². The van der Waals surface area contributed by atoms with E-state index in [0.717, 1.165) is 0 Å². The number of carbonyl (C=O) groups is 4. The average Bonchev–Trinajstić information content (AvgIpc) is 3.46. The third-order valence-corrected chi connectivity index (χ3v) is 9.92. The van der Waals surface area contributed by atoms with Crippen molar-refractivity contribution < 1.29 is 47.6 Å². The summed E-state index contributed by atoms with van der Waals surface area (Å²) in [6, 6.07) is 0. The predicted molar refractivity (Wildman–Crippen MR) is 184 cm³/mol. The molecule has 0 radical (unpaired) electrons. The Morgan fingerprint density at radius 1 is 0.886 bits per heavy atom. The molecule has 0 aliphatic carbocycles. The van der Waals surface area contributed by atoms with Crippen LogP contribution in [0.5, 0.6) is 0 Å². The zero-order valence-corrected chi connectivity index (χ0v) is 32.7. The van der Waals surface area contributed by atoms with Gasteiger partial charge in [-0.2, -0.15) is 0 Å². The maximum Gasteiger partial charge on any atom is 0.509 e. The SMILES string of the molecule is CC(=O)N(CCOC(=O)OC(C)Cl)c1c(I)c(C(=O)N(C)C2COC(C)(C)O2)c(I)c(C(=O)N(C)C2COC(C)(C)O2)c1I. The Labute approximate surface area is 302 Å². The summed E-state index contributed by atoms with van der Waals surface area (Å²) < 4.78 is 34.3. The van der Waals surface area contributed by atoms with Crippen LogP contribution in [0.3, 0.4) is 0 Å². The molecule has 3 unspecified atom stereocenters. The van der Waals surface area contributed by atoms with Gasteiger partial charge in [0, 0.05) is 24.6 Å². The van der Waals surface area contributed by atoms with Crippen LogP contribution >= 0.6 is 79.4 Å². The van der Waals surface area contributed by atoms with E-state index in [0.29, 0.717) is 16.4 Å². The highest BCUT2D eigenvalue weighted by Crippen LogP contribution is 2.40. The van der Waals surface area contributed by atoms with Crippen LogP contribution in [-0.4, -0.2) is 104 Å². The molecule has 0 spiro atoms. The van der Waals surface area contributed by atoms with Gasteiger partial charge < -0.3 is 43.1 Å². The smallest absolute Gasteiger partial charge is 0.432 e. The summed E-state index contributed by atoms with van der Waals surface area (Å²) in [7, 11) is 3.17. The first-order valence-electron chi connectivity index (χ1n) is 13.4. The van der Waals surface area contributed by atoms with Gasteiger partial charge in [0.25, 0.3) is 11.8 Å². The normalized spacial score (nSPS) is 21.0. The van der Waals surface area contributed by atoms with Gasteiger partial charge in [-0.1, -0.05) is 11.6 Å². The minimum Gasteiger partial charge on any atom is -0.432 e. The molecule has 3 atom stereocenters. The second kappa shape index (κ2) is 15.0. The number of anilines is 1. The molecule has 3 amide bonds. The fraction of sp³-hybridized carbons (Fsp3) is 0.630. The molecule has 0 bridgehead atoms. The molecule has 0 aromatic heterocycles. The Balaban J connectivity index is 2.12. The third-order valence-electron chi connectivity index (χ3n) is 6.66. The lowest BCUT2D eigenvalue weighted by Crippen LogP contribution is -2.43. The second-order valence-electron chi connectivity index (χ2n) is 10.9. The van der Waals surface area contributed by atoms with Gasteiger partial charge in [0.1, 0.15) is 6.61 Å². The highest BCUT2D eigenvalue weighted by Gasteiger charge is 2.41. The van der Waals surface area contributed by atoms with Gasteiger partial charge in [0.05, 0.1) is 43.7 Å². The summed E-state index contributed by atoms with van der Waals surface area (Å²) in [6.07, 6.45) is -2.37. The number of halogens is 4. The van der Waals surface area contributed by atoms with E-state index < -0.39 is 53.5 Å². The van der Waals surface area contributed by atoms with Crippen LogP contribution in [0.25, 0.3) is 0 Å². The Hall–Kier alpha value is -0.780. The van der Waals surface area contributed by atoms with Crippen molar-refractivity contribution in [2.24, 2.45) is 0 Å². The molecule has 44 heavy (non-hydrogen) atoms. The largest absolute Gasteiger partial charge is 0.509 e. The van der Waals surface area contributed by atoms with E-state index in [4.69, 9.17) is 40.0 Å². The summed E-state index contributed by atoms with van der Waals surface area (Å²) in [4.78, 5) is 57.4. The summed E-state index contributed by atoms with van der Waals surface area (Å²) in [5, 5.41) is 0. The molecule has 3 rings (SSSR count). The van der Waals surface area contributed by atoms with Gasteiger partial charge >= 0.3 is 6.16 Å². The van der Waals surface area contributed by atoms with Gasteiger partial charge in [0.15, 0.2) is 29.6 Å². The Kier molecular flexibility index (Phi) is 12.8. The molecule has 2 aliphatic heterocycles. The van der Waals surface area contributed by atoms with E-state index >= 15 is 0 Å². The summed E-state index contributed by atoms with van der Waals surface area (Å²) in [6.45, 7) is 9.76. The van der Waals surface area contributed by atoms with Crippen molar-refractivity contribution in [2.45, 2.75) is 71.1 Å². The molecule has 2 saturated heterocycles. The maximum atomic E-state index is 14.1. The fourth-order valence-electron chi connectivity index (χ4n) is 4.41. The molecule has 0 saturated carbocycles. The van der Waals surface area contributed by atoms with Crippen molar-refractivity contribution in [3.8, 4) is 0 Å². The van der Waals surface area contributed by atoms with Crippen LogP contribution < -0.4 is 4.90 Å². The number of amides is 3. The molecule has 0 N–H and O–H groups in total. The van der Waals surface area contributed by atoms with Gasteiger partial charge in [-0.05, 0) is 102 Å². The zero-order valence-electron chi connectivity index (χ0n) is 25.5. The van der Waals surface area contributed by atoms with Crippen molar-refractivity contribution in [1.82, 2.24) is 9.80 Å². The summed E-state index contributed by atoms with van der Waals surface area (Å²) >= 11 is 11.7. The van der Waals surface area contributed by atoms with Crippen molar-refractivity contribution in [2.75, 3.05) is 45.4 Å². The molecular weight excluding hydrogens is 942 g/mol.